The van der Waals surface area contributed by atoms with Crippen molar-refractivity contribution in [2.75, 3.05) is 19.4 Å². The van der Waals surface area contributed by atoms with Crippen molar-refractivity contribution in [1.29, 1.82) is 0 Å². The Kier molecular flexibility index (Phi) is 4.40. The van der Waals surface area contributed by atoms with Gasteiger partial charge in [0, 0.05) is 14.1 Å². The molecule has 0 fully saturated rings. The first-order valence-corrected chi connectivity index (χ1v) is 8.26. The number of anilines is 1. The fourth-order valence-corrected chi connectivity index (χ4v) is 2.84. The van der Waals surface area contributed by atoms with Crippen LogP contribution >= 0.6 is 11.3 Å². The van der Waals surface area contributed by atoms with E-state index in [0.29, 0.717) is 5.13 Å². The molecule has 0 atom stereocenters. The molecule has 21 heavy (non-hydrogen) atoms. The Labute approximate surface area is 125 Å². The number of hydrogen-bond donors (Lipinski definition) is 1. The summed E-state index contributed by atoms with van der Waals surface area (Å²) in [6.45, 7) is 1.93. The molecular weight excluding hydrogens is 316 g/mol. The molecule has 0 saturated heterocycles. The van der Waals surface area contributed by atoms with E-state index in [9.17, 15) is 13.2 Å². The molecule has 0 aliphatic heterocycles. The third-order valence-electron chi connectivity index (χ3n) is 2.53. The van der Waals surface area contributed by atoms with Crippen LogP contribution in [-0.2, 0) is 16.4 Å². The Hall–Kier alpha value is -1.78. The first-order valence-electron chi connectivity index (χ1n) is 6.00. The smallest absolute Gasteiger partial charge is 0.293 e. The molecule has 1 N–H and O–H groups in total. The molecule has 0 aliphatic rings. The van der Waals surface area contributed by atoms with Crippen molar-refractivity contribution in [3.05, 3.63) is 22.9 Å². The Morgan fingerprint density at radius 1 is 1.38 bits per heavy atom. The minimum absolute atomic E-state index is 0.108. The van der Waals surface area contributed by atoms with Crippen molar-refractivity contribution in [1.82, 2.24) is 14.5 Å². The molecule has 10 heteroatoms. The van der Waals surface area contributed by atoms with Crippen LogP contribution in [0, 0.1) is 0 Å². The summed E-state index contributed by atoms with van der Waals surface area (Å²) >= 11 is 1.25. The zero-order valence-corrected chi connectivity index (χ0v) is 13.3. The van der Waals surface area contributed by atoms with Gasteiger partial charge in [0.15, 0.2) is 5.76 Å². The topological polar surface area (TPSA) is 105 Å². The van der Waals surface area contributed by atoms with E-state index in [2.05, 4.69) is 15.5 Å². The van der Waals surface area contributed by atoms with Gasteiger partial charge in [0.1, 0.15) is 5.01 Å². The summed E-state index contributed by atoms with van der Waals surface area (Å²) in [5, 5.41) is 11.0. The van der Waals surface area contributed by atoms with Gasteiger partial charge >= 0.3 is 0 Å². The van der Waals surface area contributed by atoms with Crippen LogP contribution in [0.25, 0.3) is 0 Å². The molecule has 0 radical (unpaired) electrons. The average molecular weight is 330 g/mol. The number of amides is 1. The van der Waals surface area contributed by atoms with Gasteiger partial charge < -0.3 is 4.42 Å². The predicted octanol–water partition coefficient (Wildman–Crippen LogP) is 1.20. The number of nitrogens with zero attached hydrogens (tertiary/aromatic N) is 3. The molecule has 8 nitrogen and oxygen atoms in total. The summed E-state index contributed by atoms with van der Waals surface area (Å²) in [6.07, 6.45) is 0.722. The number of hydrogen-bond acceptors (Lipinski definition) is 7. The largest absolute Gasteiger partial charge is 0.438 e. The van der Waals surface area contributed by atoms with E-state index < -0.39 is 15.9 Å². The number of sulfonamides is 1. The van der Waals surface area contributed by atoms with Crippen LogP contribution < -0.4 is 5.32 Å². The fraction of sp³-hybridized carbons (Fsp3) is 0.364. The summed E-state index contributed by atoms with van der Waals surface area (Å²) in [6, 6.07) is 2.54. The lowest BCUT2D eigenvalue weighted by Crippen LogP contribution is -2.21. The quantitative estimate of drug-likeness (QED) is 0.883. The van der Waals surface area contributed by atoms with Gasteiger partial charge in [-0.15, -0.1) is 10.2 Å². The molecule has 2 heterocycles. The van der Waals surface area contributed by atoms with Crippen LogP contribution in [0.2, 0.25) is 0 Å². The second kappa shape index (κ2) is 5.92. The molecule has 2 aromatic heterocycles. The molecule has 2 rings (SSSR count). The van der Waals surface area contributed by atoms with Crippen LogP contribution in [0.4, 0.5) is 5.13 Å². The third kappa shape index (κ3) is 3.28. The molecule has 0 aromatic carbocycles. The Bertz CT molecular complexity index is 748. The highest BCUT2D eigenvalue weighted by atomic mass is 32.2. The lowest BCUT2D eigenvalue weighted by molar-refractivity contribution is 0.0991. The lowest BCUT2D eigenvalue weighted by atomic mass is 10.4. The van der Waals surface area contributed by atoms with Crippen LogP contribution in [0.3, 0.4) is 0 Å². The van der Waals surface area contributed by atoms with Crippen molar-refractivity contribution in [2.45, 2.75) is 18.4 Å². The minimum Gasteiger partial charge on any atom is -0.438 e. The van der Waals surface area contributed by atoms with E-state index in [1.807, 2.05) is 6.92 Å². The number of furan rings is 1. The molecule has 0 aliphatic carbocycles. The standard InChI is InChI=1S/C11H14N4O4S2/c1-4-8-13-14-11(20-8)12-10(16)7-5-6-9(19-7)21(17,18)15(2)3/h5-6H,4H2,1-3H3,(H,12,14,16). The summed E-state index contributed by atoms with van der Waals surface area (Å²) in [5.74, 6) is -0.683. The first-order chi connectivity index (χ1) is 9.84. The number of carbonyl (C=O) groups is 1. The maximum absolute atomic E-state index is 11.9. The number of carbonyl (C=O) groups excluding carboxylic acids is 1. The zero-order valence-electron chi connectivity index (χ0n) is 11.7. The summed E-state index contributed by atoms with van der Waals surface area (Å²) in [5.41, 5.74) is 0. The van der Waals surface area contributed by atoms with Gasteiger partial charge in [-0.2, -0.15) is 0 Å². The summed E-state index contributed by atoms with van der Waals surface area (Å²) in [7, 11) is -0.941. The summed E-state index contributed by atoms with van der Waals surface area (Å²) < 4.78 is 29.8. The highest BCUT2D eigenvalue weighted by molar-refractivity contribution is 7.88. The van der Waals surface area contributed by atoms with Gasteiger partial charge in [-0.3, -0.25) is 10.1 Å². The molecule has 0 saturated carbocycles. The number of aryl methyl sites for hydroxylation is 1. The first kappa shape index (κ1) is 15.6. The maximum Gasteiger partial charge on any atom is 0.293 e. The van der Waals surface area contributed by atoms with Crippen LogP contribution in [0.1, 0.15) is 22.5 Å². The van der Waals surface area contributed by atoms with Gasteiger partial charge in [0.2, 0.25) is 10.2 Å². The van der Waals surface area contributed by atoms with Gasteiger partial charge in [-0.05, 0) is 18.6 Å². The van der Waals surface area contributed by atoms with Gasteiger partial charge in [-0.1, -0.05) is 18.3 Å². The molecule has 1 amide bonds. The second-order valence-corrected chi connectivity index (χ2v) is 7.36. The molecule has 0 unspecified atom stereocenters. The minimum atomic E-state index is -3.70. The Balaban J connectivity index is 2.16. The predicted molar refractivity (Wildman–Crippen MR) is 76.8 cm³/mol. The summed E-state index contributed by atoms with van der Waals surface area (Å²) in [4.78, 5) is 11.9. The van der Waals surface area contributed by atoms with Crippen LogP contribution in [0.15, 0.2) is 21.6 Å². The van der Waals surface area contributed by atoms with E-state index >= 15 is 0 Å². The van der Waals surface area contributed by atoms with E-state index in [1.165, 1.54) is 37.6 Å². The maximum atomic E-state index is 11.9. The van der Waals surface area contributed by atoms with Crippen molar-refractivity contribution in [3.8, 4) is 0 Å². The number of rotatable bonds is 5. The van der Waals surface area contributed by atoms with Crippen LogP contribution in [0.5, 0.6) is 0 Å². The average Bonchev–Trinajstić information content (AvgIpc) is 3.07. The normalized spacial score (nSPS) is 11.8. The second-order valence-electron chi connectivity index (χ2n) is 4.21. The van der Waals surface area contributed by atoms with E-state index in [4.69, 9.17) is 4.42 Å². The Morgan fingerprint density at radius 2 is 2.10 bits per heavy atom. The third-order valence-corrected chi connectivity index (χ3v) is 5.20. The highest BCUT2D eigenvalue weighted by Gasteiger charge is 2.23. The van der Waals surface area contributed by atoms with E-state index in [0.717, 1.165) is 15.7 Å². The molecule has 0 spiro atoms. The zero-order chi connectivity index (χ0) is 15.6. The molecule has 2 aromatic rings. The molecule has 0 bridgehead atoms. The van der Waals surface area contributed by atoms with Crippen molar-refractivity contribution in [3.63, 3.8) is 0 Å². The van der Waals surface area contributed by atoms with Crippen molar-refractivity contribution < 1.29 is 17.6 Å². The van der Waals surface area contributed by atoms with E-state index in [-0.39, 0.29) is 10.9 Å². The van der Waals surface area contributed by atoms with Gasteiger partial charge in [-0.25, -0.2) is 12.7 Å². The fourth-order valence-electron chi connectivity index (χ4n) is 1.37. The number of aromatic nitrogens is 2. The lowest BCUT2D eigenvalue weighted by Gasteiger charge is -2.07. The monoisotopic (exact) mass is 330 g/mol. The van der Waals surface area contributed by atoms with Gasteiger partial charge in [0.05, 0.1) is 0 Å². The van der Waals surface area contributed by atoms with Crippen molar-refractivity contribution >= 4 is 32.4 Å². The van der Waals surface area contributed by atoms with Gasteiger partial charge in [0.25, 0.3) is 15.9 Å². The van der Waals surface area contributed by atoms with Crippen molar-refractivity contribution in [2.24, 2.45) is 0 Å². The number of nitrogens with one attached hydrogen (secondary N) is 1. The van der Waals surface area contributed by atoms with Crippen LogP contribution in [-0.4, -0.2) is 42.9 Å². The molecular formula is C11H14N4O4S2. The highest BCUT2D eigenvalue weighted by Crippen LogP contribution is 2.20. The molecule has 114 valence electrons. The Morgan fingerprint density at radius 3 is 2.67 bits per heavy atom. The van der Waals surface area contributed by atoms with E-state index in [1.54, 1.807) is 0 Å². The SMILES string of the molecule is CCc1nnc(NC(=O)c2ccc(S(=O)(=O)N(C)C)o2)s1.